The van der Waals surface area contributed by atoms with Crippen LogP contribution in [-0.2, 0) is 9.59 Å². The van der Waals surface area contributed by atoms with Crippen LogP contribution in [0.5, 0.6) is 0 Å². The Hall–Kier alpha value is -3.51. The van der Waals surface area contributed by atoms with Crippen LogP contribution in [0.2, 0.25) is 0 Å². The van der Waals surface area contributed by atoms with Crippen LogP contribution < -0.4 is 5.32 Å². The molecule has 5 rings (SSSR count). The molecule has 1 aliphatic rings. The summed E-state index contributed by atoms with van der Waals surface area (Å²) in [6.07, 6.45) is 5.06. The lowest BCUT2D eigenvalue weighted by Crippen LogP contribution is -2.30. The summed E-state index contributed by atoms with van der Waals surface area (Å²) in [7, 11) is 0. The summed E-state index contributed by atoms with van der Waals surface area (Å²) in [5, 5.41) is 17.7. The van der Waals surface area contributed by atoms with Crippen molar-refractivity contribution in [2.24, 2.45) is 11.8 Å². The van der Waals surface area contributed by atoms with Crippen molar-refractivity contribution in [3.05, 3.63) is 72.1 Å². The second-order valence-corrected chi connectivity index (χ2v) is 10.1. The molecule has 0 aliphatic heterocycles. The van der Waals surface area contributed by atoms with E-state index in [1.165, 1.54) is 0 Å². The number of carbonyl (C=O) groups is 2. The topological polar surface area (TPSA) is 79.3 Å². The number of nitrogens with zero attached hydrogens (tertiary/aromatic N) is 1. The van der Waals surface area contributed by atoms with Crippen molar-refractivity contribution >= 4 is 39.7 Å². The molecule has 1 aromatic heterocycles. The van der Waals surface area contributed by atoms with Crippen LogP contribution >= 0.6 is 11.3 Å². The smallest absolute Gasteiger partial charge is 0.307 e. The minimum atomic E-state index is -0.867. The summed E-state index contributed by atoms with van der Waals surface area (Å²) in [5.74, 6) is -1.64. The minimum Gasteiger partial charge on any atom is -0.481 e. The van der Waals surface area contributed by atoms with E-state index in [9.17, 15) is 14.7 Å². The van der Waals surface area contributed by atoms with Gasteiger partial charge in [-0.25, -0.2) is 4.98 Å². The van der Waals surface area contributed by atoms with Gasteiger partial charge in [-0.3, -0.25) is 9.59 Å². The zero-order chi connectivity index (χ0) is 24.2. The van der Waals surface area contributed by atoms with Gasteiger partial charge in [-0.15, -0.1) is 11.3 Å². The fourth-order valence-electron chi connectivity index (χ4n) is 5.01. The van der Waals surface area contributed by atoms with E-state index in [0.29, 0.717) is 5.69 Å². The van der Waals surface area contributed by atoms with Crippen molar-refractivity contribution in [3.63, 3.8) is 0 Å². The van der Waals surface area contributed by atoms with Gasteiger partial charge in [0.25, 0.3) is 0 Å². The Labute approximate surface area is 208 Å². The number of aromatic nitrogens is 1. The average Bonchev–Trinajstić information content (AvgIpc) is 3.38. The number of fused-ring (bicyclic) bond motifs is 1. The van der Waals surface area contributed by atoms with Crippen LogP contribution in [0.4, 0.5) is 5.69 Å². The number of hydrogen-bond donors (Lipinski definition) is 2. The highest BCUT2D eigenvalue weighted by molar-refractivity contribution is 7.13. The molecule has 1 saturated carbocycles. The molecule has 0 bridgehead atoms. The van der Waals surface area contributed by atoms with Crippen molar-refractivity contribution in [1.29, 1.82) is 0 Å². The largest absolute Gasteiger partial charge is 0.481 e. The van der Waals surface area contributed by atoms with Crippen molar-refractivity contribution in [2.45, 2.75) is 38.5 Å². The standard InChI is InChI=1S/C29H28N2O3S/c32-27(17-25(29(33)34)20-7-3-1-4-8-20)30-24-14-13-19-11-12-22(15-23(19)16-24)28-31-26(18-35-28)21-9-5-2-6-10-21/h2,5-6,9-16,18,20,25H,1,3-4,7-8,17H2,(H,30,32)(H,33,34). The van der Waals surface area contributed by atoms with Gasteiger partial charge in [0.1, 0.15) is 5.01 Å². The molecule has 1 heterocycles. The normalized spacial score (nSPS) is 15.1. The Morgan fingerprint density at radius 2 is 1.71 bits per heavy atom. The van der Waals surface area contributed by atoms with Gasteiger partial charge in [0.2, 0.25) is 5.91 Å². The van der Waals surface area contributed by atoms with E-state index >= 15 is 0 Å². The molecule has 1 amide bonds. The maximum atomic E-state index is 12.7. The number of anilines is 1. The summed E-state index contributed by atoms with van der Waals surface area (Å²) in [5.41, 5.74) is 3.75. The molecule has 4 aromatic rings. The molecule has 178 valence electrons. The average molecular weight is 485 g/mol. The summed E-state index contributed by atoms with van der Waals surface area (Å²) in [6.45, 7) is 0. The van der Waals surface area contributed by atoms with E-state index < -0.39 is 11.9 Å². The molecule has 3 aromatic carbocycles. The number of nitrogens with one attached hydrogen (secondary N) is 1. The molecule has 1 atom stereocenters. The first kappa shape index (κ1) is 23.2. The predicted molar refractivity (Wildman–Crippen MR) is 141 cm³/mol. The van der Waals surface area contributed by atoms with Gasteiger partial charge in [0.15, 0.2) is 0 Å². The molecule has 2 N–H and O–H groups in total. The lowest BCUT2D eigenvalue weighted by atomic mass is 9.78. The van der Waals surface area contributed by atoms with Crippen molar-refractivity contribution in [1.82, 2.24) is 4.98 Å². The van der Waals surface area contributed by atoms with Crippen molar-refractivity contribution in [2.75, 3.05) is 5.32 Å². The van der Waals surface area contributed by atoms with Crippen LogP contribution in [-0.4, -0.2) is 22.0 Å². The number of carbonyl (C=O) groups excluding carboxylic acids is 1. The van der Waals surface area contributed by atoms with Gasteiger partial charge < -0.3 is 10.4 Å². The SMILES string of the molecule is O=C(CC(C(=O)O)C1CCCCC1)Nc1ccc2ccc(-c3nc(-c4ccccc4)cs3)cc2c1. The number of benzene rings is 3. The fourth-order valence-corrected chi connectivity index (χ4v) is 5.84. The maximum absolute atomic E-state index is 12.7. The molecular formula is C29H28N2O3S. The van der Waals surface area contributed by atoms with Crippen LogP contribution in [0.3, 0.4) is 0 Å². The van der Waals surface area contributed by atoms with Gasteiger partial charge in [-0.1, -0.05) is 67.8 Å². The van der Waals surface area contributed by atoms with Crippen LogP contribution in [0.15, 0.2) is 72.1 Å². The van der Waals surface area contributed by atoms with Crippen LogP contribution in [0.25, 0.3) is 32.6 Å². The molecule has 6 heteroatoms. The van der Waals surface area contributed by atoms with Gasteiger partial charge >= 0.3 is 5.97 Å². The molecule has 1 fully saturated rings. The van der Waals surface area contributed by atoms with Gasteiger partial charge in [0.05, 0.1) is 11.6 Å². The lowest BCUT2D eigenvalue weighted by molar-refractivity contribution is -0.146. The van der Waals surface area contributed by atoms with Crippen LogP contribution in [0.1, 0.15) is 38.5 Å². The Bertz CT molecular complexity index is 1340. The molecule has 35 heavy (non-hydrogen) atoms. The van der Waals surface area contributed by atoms with E-state index in [1.54, 1.807) is 11.3 Å². The van der Waals surface area contributed by atoms with Gasteiger partial charge in [-0.05, 0) is 47.7 Å². The molecule has 0 saturated heterocycles. The zero-order valence-electron chi connectivity index (χ0n) is 19.4. The number of thiazole rings is 1. The predicted octanol–water partition coefficient (Wildman–Crippen LogP) is 7.24. The van der Waals surface area contributed by atoms with E-state index in [4.69, 9.17) is 4.98 Å². The van der Waals surface area contributed by atoms with E-state index in [2.05, 4.69) is 41.0 Å². The van der Waals surface area contributed by atoms with Gasteiger partial charge in [-0.2, -0.15) is 0 Å². The Kier molecular flexibility index (Phi) is 6.91. The monoisotopic (exact) mass is 484 g/mol. The van der Waals surface area contributed by atoms with E-state index in [0.717, 1.165) is 64.7 Å². The van der Waals surface area contributed by atoms with E-state index in [1.807, 2.05) is 36.4 Å². The number of rotatable bonds is 7. The second-order valence-electron chi connectivity index (χ2n) is 9.28. The first-order chi connectivity index (χ1) is 17.1. The summed E-state index contributed by atoms with van der Waals surface area (Å²) >= 11 is 1.61. The summed E-state index contributed by atoms with van der Waals surface area (Å²) in [6, 6.07) is 22.1. The Morgan fingerprint density at radius 1 is 0.943 bits per heavy atom. The molecule has 5 nitrogen and oxygen atoms in total. The highest BCUT2D eigenvalue weighted by Gasteiger charge is 2.31. The number of aliphatic carboxylic acids is 1. The molecule has 0 spiro atoms. The maximum Gasteiger partial charge on any atom is 0.307 e. The van der Waals surface area contributed by atoms with Crippen molar-refractivity contribution < 1.29 is 14.7 Å². The summed E-state index contributed by atoms with van der Waals surface area (Å²) < 4.78 is 0. The number of carboxylic acids is 1. The van der Waals surface area contributed by atoms with E-state index in [-0.39, 0.29) is 18.2 Å². The molecule has 0 radical (unpaired) electrons. The molecular weight excluding hydrogens is 456 g/mol. The van der Waals surface area contributed by atoms with Crippen molar-refractivity contribution in [3.8, 4) is 21.8 Å². The minimum absolute atomic E-state index is 0.0133. The Balaban J connectivity index is 1.32. The third-order valence-corrected chi connectivity index (χ3v) is 7.78. The third-order valence-electron chi connectivity index (χ3n) is 6.89. The third kappa shape index (κ3) is 5.43. The number of carboxylic acid groups (broad SMARTS) is 1. The highest BCUT2D eigenvalue weighted by Crippen LogP contribution is 2.33. The number of hydrogen-bond acceptors (Lipinski definition) is 4. The van der Waals surface area contributed by atoms with Gasteiger partial charge in [0, 0.05) is 28.6 Å². The Morgan fingerprint density at radius 3 is 2.49 bits per heavy atom. The van der Waals surface area contributed by atoms with Crippen LogP contribution in [0, 0.1) is 11.8 Å². The number of amides is 1. The fraction of sp³-hybridized carbons (Fsp3) is 0.276. The first-order valence-corrected chi connectivity index (χ1v) is 13.0. The summed E-state index contributed by atoms with van der Waals surface area (Å²) in [4.78, 5) is 29.4. The molecule has 1 aliphatic carbocycles. The molecule has 1 unspecified atom stereocenters. The first-order valence-electron chi connectivity index (χ1n) is 12.1. The highest BCUT2D eigenvalue weighted by atomic mass is 32.1. The quantitative estimate of drug-likeness (QED) is 0.290. The lowest BCUT2D eigenvalue weighted by Gasteiger charge is -2.27. The second kappa shape index (κ2) is 10.4. The zero-order valence-corrected chi connectivity index (χ0v) is 20.3.